The highest BCUT2D eigenvalue weighted by molar-refractivity contribution is 6.32. The number of benzene rings is 2. The molecule has 0 aliphatic heterocycles. The van der Waals surface area contributed by atoms with Crippen LogP contribution in [0.5, 0.6) is 17.2 Å². The number of ether oxygens (including phenoxy) is 3. The highest BCUT2D eigenvalue weighted by Crippen LogP contribution is 2.35. The molecule has 146 valence electrons. The van der Waals surface area contributed by atoms with Crippen LogP contribution in [-0.2, 0) is 6.54 Å². The number of hydrogen-bond donors (Lipinski definition) is 2. The predicted octanol–water partition coefficient (Wildman–Crippen LogP) is 4.58. The molecular formula is C17H16ClF3N2O4. The van der Waals surface area contributed by atoms with E-state index >= 15 is 0 Å². The lowest BCUT2D eigenvalue weighted by atomic mass is 10.2. The Balaban J connectivity index is 2.01. The number of methoxy groups -OCH3 is 2. The Morgan fingerprint density at radius 1 is 1.11 bits per heavy atom. The number of alkyl halides is 3. The van der Waals surface area contributed by atoms with Crippen LogP contribution in [-0.4, -0.2) is 26.6 Å². The fourth-order valence-corrected chi connectivity index (χ4v) is 2.40. The average Bonchev–Trinajstić information content (AvgIpc) is 2.59. The molecule has 0 unspecified atom stereocenters. The fraction of sp³-hybridized carbons (Fsp3) is 0.235. The summed E-state index contributed by atoms with van der Waals surface area (Å²) in [6.07, 6.45) is -4.78. The average molecular weight is 405 g/mol. The molecule has 0 saturated carbocycles. The van der Waals surface area contributed by atoms with Gasteiger partial charge in [-0.3, -0.25) is 0 Å². The van der Waals surface area contributed by atoms with Crippen LogP contribution in [0.15, 0.2) is 36.4 Å². The molecule has 0 aliphatic rings. The summed E-state index contributed by atoms with van der Waals surface area (Å²) in [6, 6.07) is 7.65. The molecule has 0 aliphatic carbocycles. The number of carbonyl (C=O) groups excluding carboxylic acids is 1. The van der Waals surface area contributed by atoms with Crippen molar-refractivity contribution in [2.75, 3.05) is 19.5 Å². The van der Waals surface area contributed by atoms with Gasteiger partial charge in [-0.1, -0.05) is 23.7 Å². The van der Waals surface area contributed by atoms with Crippen LogP contribution in [0.4, 0.5) is 23.7 Å². The number of urea groups is 1. The third kappa shape index (κ3) is 6.14. The van der Waals surface area contributed by atoms with Gasteiger partial charge in [0.2, 0.25) is 0 Å². The summed E-state index contributed by atoms with van der Waals surface area (Å²) in [5.41, 5.74) is 0.724. The molecule has 0 atom stereocenters. The molecule has 0 saturated heterocycles. The summed E-state index contributed by atoms with van der Waals surface area (Å²) in [5.74, 6) is 0.332. The second-order valence-electron chi connectivity index (χ2n) is 5.19. The summed E-state index contributed by atoms with van der Waals surface area (Å²) < 4.78 is 50.8. The summed E-state index contributed by atoms with van der Waals surface area (Å²) in [5, 5.41) is 5.34. The van der Waals surface area contributed by atoms with Gasteiger partial charge in [-0.25, -0.2) is 4.79 Å². The highest BCUT2D eigenvalue weighted by atomic mass is 35.5. The zero-order valence-corrected chi connectivity index (χ0v) is 15.1. The van der Waals surface area contributed by atoms with Crippen molar-refractivity contribution >= 4 is 23.3 Å². The van der Waals surface area contributed by atoms with Gasteiger partial charge >= 0.3 is 12.4 Å². The van der Waals surface area contributed by atoms with E-state index in [4.69, 9.17) is 21.1 Å². The maximum atomic E-state index is 12.3. The van der Waals surface area contributed by atoms with Crippen LogP contribution < -0.4 is 24.8 Å². The van der Waals surface area contributed by atoms with Gasteiger partial charge in [-0.2, -0.15) is 0 Å². The second kappa shape index (κ2) is 8.72. The molecule has 27 heavy (non-hydrogen) atoms. The number of anilines is 1. The first-order valence-electron chi connectivity index (χ1n) is 7.53. The van der Waals surface area contributed by atoms with Crippen molar-refractivity contribution in [3.63, 3.8) is 0 Å². The quantitative estimate of drug-likeness (QED) is 0.739. The minimum absolute atomic E-state index is 0.0207. The van der Waals surface area contributed by atoms with Gasteiger partial charge in [0, 0.05) is 12.6 Å². The molecule has 2 rings (SSSR count). The molecule has 0 spiro atoms. The molecule has 2 aromatic rings. The van der Waals surface area contributed by atoms with Crippen molar-refractivity contribution in [2.24, 2.45) is 0 Å². The molecule has 0 radical (unpaired) electrons. The zero-order chi connectivity index (χ0) is 20.0. The lowest BCUT2D eigenvalue weighted by Crippen LogP contribution is -2.28. The van der Waals surface area contributed by atoms with E-state index in [9.17, 15) is 18.0 Å². The Morgan fingerprint density at radius 3 is 2.44 bits per heavy atom. The summed E-state index contributed by atoms with van der Waals surface area (Å²) in [6.45, 7) is -0.0207. The second-order valence-corrected chi connectivity index (χ2v) is 5.60. The maximum Gasteiger partial charge on any atom is 0.573 e. The molecule has 0 aromatic heterocycles. The molecule has 0 fully saturated rings. The third-order valence-corrected chi connectivity index (χ3v) is 3.60. The van der Waals surface area contributed by atoms with Crippen molar-refractivity contribution < 1.29 is 32.2 Å². The Kier molecular flexibility index (Phi) is 6.62. The van der Waals surface area contributed by atoms with E-state index in [0.717, 1.165) is 0 Å². The standard InChI is InChI=1S/C17H16ClF3N2O4/c1-25-14-8-15(26-2)13(7-12(14)18)23-16(24)22-9-10-4-3-5-11(6-10)27-17(19,20)21/h3-8H,9H2,1-2H3,(H2,22,23,24). The van der Waals surface area contributed by atoms with Crippen LogP contribution in [0.1, 0.15) is 5.56 Å². The fourth-order valence-electron chi connectivity index (χ4n) is 2.16. The Labute approximate surface area is 158 Å². The number of hydrogen-bond acceptors (Lipinski definition) is 4. The van der Waals surface area contributed by atoms with E-state index < -0.39 is 12.4 Å². The number of halogens is 4. The summed E-state index contributed by atoms with van der Waals surface area (Å²) in [7, 11) is 2.86. The first-order valence-corrected chi connectivity index (χ1v) is 7.90. The number of rotatable bonds is 6. The van der Waals surface area contributed by atoms with E-state index in [1.165, 1.54) is 44.6 Å². The van der Waals surface area contributed by atoms with Crippen LogP contribution in [0, 0.1) is 0 Å². The Hall–Kier alpha value is -2.81. The van der Waals surface area contributed by atoms with E-state index in [1.54, 1.807) is 6.07 Å². The number of nitrogens with one attached hydrogen (secondary N) is 2. The topological polar surface area (TPSA) is 68.8 Å². The van der Waals surface area contributed by atoms with Gasteiger partial charge < -0.3 is 24.8 Å². The molecule has 2 N–H and O–H groups in total. The zero-order valence-electron chi connectivity index (χ0n) is 14.3. The SMILES string of the molecule is COc1cc(OC)c(NC(=O)NCc2cccc(OC(F)(F)F)c2)cc1Cl. The largest absolute Gasteiger partial charge is 0.573 e. The minimum Gasteiger partial charge on any atom is -0.495 e. The van der Waals surface area contributed by atoms with E-state index in [-0.39, 0.29) is 17.3 Å². The molecular weight excluding hydrogens is 389 g/mol. The van der Waals surface area contributed by atoms with Gasteiger partial charge in [-0.05, 0) is 23.8 Å². The van der Waals surface area contributed by atoms with Gasteiger partial charge in [-0.15, -0.1) is 13.2 Å². The molecule has 2 amide bonds. The first-order chi connectivity index (χ1) is 12.7. The van der Waals surface area contributed by atoms with Gasteiger partial charge in [0.15, 0.2) is 0 Å². The van der Waals surface area contributed by atoms with Crippen molar-refractivity contribution in [2.45, 2.75) is 12.9 Å². The van der Waals surface area contributed by atoms with Crippen LogP contribution in [0.25, 0.3) is 0 Å². The third-order valence-electron chi connectivity index (χ3n) is 3.31. The van der Waals surface area contributed by atoms with Crippen LogP contribution in [0.2, 0.25) is 5.02 Å². The van der Waals surface area contributed by atoms with Crippen molar-refractivity contribution in [3.8, 4) is 17.2 Å². The molecule has 0 heterocycles. The Morgan fingerprint density at radius 2 is 1.81 bits per heavy atom. The van der Waals surface area contributed by atoms with Crippen LogP contribution >= 0.6 is 11.6 Å². The molecule has 6 nitrogen and oxygen atoms in total. The van der Waals surface area contributed by atoms with Gasteiger partial charge in [0.1, 0.15) is 17.2 Å². The Bertz CT molecular complexity index is 815. The van der Waals surface area contributed by atoms with Gasteiger partial charge in [0.05, 0.1) is 24.9 Å². The smallest absolute Gasteiger partial charge is 0.495 e. The van der Waals surface area contributed by atoms with Crippen molar-refractivity contribution in [3.05, 3.63) is 47.0 Å². The first kappa shape index (κ1) is 20.5. The maximum absolute atomic E-state index is 12.3. The van der Waals surface area contributed by atoms with E-state index in [1.807, 2.05) is 0 Å². The van der Waals surface area contributed by atoms with E-state index in [2.05, 4.69) is 15.4 Å². The number of carbonyl (C=O) groups is 1. The molecule has 0 bridgehead atoms. The monoisotopic (exact) mass is 404 g/mol. The van der Waals surface area contributed by atoms with E-state index in [0.29, 0.717) is 22.7 Å². The normalized spacial score (nSPS) is 10.9. The minimum atomic E-state index is -4.78. The summed E-state index contributed by atoms with van der Waals surface area (Å²) in [4.78, 5) is 12.1. The van der Waals surface area contributed by atoms with Gasteiger partial charge in [0.25, 0.3) is 0 Å². The molecule has 10 heteroatoms. The predicted molar refractivity (Wildman–Crippen MR) is 93.5 cm³/mol. The summed E-state index contributed by atoms with van der Waals surface area (Å²) >= 11 is 6.03. The number of amides is 2. The van der Waals surface area contributed by atoms with Crippen molar-refractivity contribution in [1.29, 1.82) is 0 Å². The van der Waals surface area contributed by atoms with Crippen LogP contribution in [0.3, 0.4) is 0 Å². The lowest BCUT2D eigenvalue weighted by molar-refractivity contribution is -0.274. The highest BCUT2D eigenvalue weighted by Gasteiger charge is 2.31. The lowest BCUT2D eigenvalue weighted by Gasteiger charge is -2.14. The molecule has 2 aromatic carbocycles. The van der Waals surface area contributed by atoms with Crippen molar-refractivity contribution in [1.82, 2.24) is 5.32 Å².